The van der Waals surface area contributed by atoms with Gasteiger partial charge in [0, 0.05) is 37.4 Å². The number of ether oxygens (including phenoxy) is 1. The molecule has 6 nitrogen and oxygen atoms in total. The van der Waals surface area contributed by atoms with Crippen LogP contribution in [0.1, 0.15) is 49.2 Å². The summed E-state index contributed by atoms with van der Waals surface area (Å²) in [5, 5.41) is 4.19. The highest BCUT2D eigenvalue weighted by Crippen LogP contribution is 2.33. The second-order valence-electron chi connectivity index (χ2n) is 7.09. The molecule has 0 saturated carbocycles. The lowest BCUT2D eigenvalue weighted by Gasteiger charge is -2.19. The predicted octanol–water partition coefficient (Wildman–Crippen LogP) is 2.81. The van der Waals surface area contributed by atoms with Gasteiger partial charge in [-0.2, -0.15) is 18.3 Å². The highest BCUT2D eigenvalue weighted by molar-refractivity contribution is 5.81. The van der Waals surface area contributed by atoms with Crippen molar-refractivity contribution in [2.45, 2.75) is 50.8 Å². The summed E-state index contributed by atoms with van der Waals surface area (Å²) < 4.78 is 46.5. The molecule has 2 fully saturated rings. The summed E-state index contributed by atoms with van der Waals surface area (Å²) in [7, 11) is 0. The fourth-order valence-corrected chi connectivity index (χ4v) is 3.80. The number of carbonyl (C=O) groups is 1. The molecular weight excluding hydrogens is 361 g/mol. The maximum absolute atomic E-state index is 13.4. The van der Waals surface area contributed by atoms with Gasteiger partial charge in [-0.1, -0.05) is 6.92 Å². The van der Waals surface area contributed by atoms with Gasteiger partial charge < -0.3 is 9.64 Å². The average Bonchev–Trinajstić information content (AvgIpc) is 3.38. The van der Waals surface area contributed by atoms with Crippen molar-refractivity contribution in [1.29, 1.82) is 0 Å². The Balaban J connectivity index is 1.60. The van der Waals surface area contributed by atoms with E-state index in [0.717, 1.165) is 23.4 Å². The Labute approximate surface area is 154 Å². The Bertz CT molecular complexity index is 858. The molecule has 0 bridgehead atoms. The number of alkyl halides is 3. The van der Waals surface area contributed by atoms with Crippen LogP contribution < -0.4 is 0 Å². The molecule has 0 unspecified atom stereocenters. The minimum absolute atomic E-state index is 0.0267. The first-order chi connectivity index (χ1) is 12.9. The number of aromatic nitrogens is 3. The Hall–Kier alpha value is -2.16. The quantitative estimate of drug-likeness (QED) is 0.819. The molecule has 0 aliphatic carbocycles. The molecule has 2 aromatic rings. The normalized spacial score (nSPS) is 23.5. The van der Waals surface area contributed by atoms with E-state index in [9.17, 15) is 18.0 Å². The zero-order chi connectivity index (χ0) is 19.2. The summed E-state index contributed by atoms with van der Waals surface area (Å²) in [5.41, 5.74) is 0.299. The summed E-state index contributed by atoms with van der Waals surface area (Å²) in [5.74, 6) is -0.121. The average molecular weight is 382 g/mol. The van der Waals surface area contributed by atoms with Crippen LogP contribution in [0.15, 0.2) is 12.1 Å². The van der Waals surface area contributed by atoms with Crippen molar-refractivity contribution >= 4 is 11.6 Å². The maximum atomic E-state index is 13.4. The standard InChI is InChI=1S/C18H21F3N4O2/c1-2-12-8-15(18(19,20)21)25-16(22-12)9-13(23-25)11-5-6-24(10-11)17(26)14-4-3-7-27-14/h8-9,11,14H,2-7,10H2,1H3/t11-,14+/m0/s1. The van der Waals surface area contributed by atoms with Crippen LogP contribution in [0.4, 0.5) is 13.2 Å². The van der Waals surface area contributed by atoms with E-state index < -0.39 is 11.9 Å². The summed E-state index contributed by atoms with van der Waals surface area (Å²) in [4.78, 5) is 18.5. The van der Waals surface area contributed by atoms with E-state index in [1.165, 1.54) is 0 Å². The molecular formula is C18H21F3N4O2. The molecule has 4 heterocycles. The number of nitrogens with zero attached hydrogens (tertiary/aromatic N) is 4. The van der Waals surface area contributed by atoms with Crippen molar-refractivity contribution < 1.29 is 22.7 Å². The van der Waals surface area contributed by atoms with Crippen molar-refractivity contribution in [1.82, 2.24) is 19.5 Å². The van der Waals surface area contributed by atoms with Gasteiger partial charge in [-0.25, -0.2) is 9.50 Å². The van der Waals surface area contributed by atoms with Crippen LogP contribution in [0, 0.1) is 0 Å². The maximum Gasteiger partial charge on any atom is 0.433 e. The van der Waals surface area contributed by atoms with Gasteiger partial charge in [-0.3, -0.25) is 4.79 Å². The molecule has 2 aromatic heterocycles. The van der Waals surface area contributed by atoms with Gasteiger partial charge in [0.15, 0.2) is 5.65 Å². The van der Waals surface area contributed by atoms with Crippen LogP contribution in [0.25, 0.3) is 5.65 Å². The van der Waals surface area contributed by atoms with Gasteiger partial charge >= 0.3 is 6.18 Å². The highest BCUT2D eigenvalue weighted by Gasteiger charge is 2.37. The van der Waals surface area contributed by atoms with E-state index in [-0.39, 0.29) is 23.6 Å². The van der Waals surface area contributed by atoms with Crippen LogP contribution in [0.2, 0.25) is 0 Å². The second-order valence-corrected chi connectivity index (χ2v) is 7.09. The third-order valence-corrected chi connectivity index (χ3v) is 5.28. The first-order valence-corrected chi connectivity index (χ1v) is 9.24. The molecule has 2 atom stereocenters. The number of amides is 1. The van der Waals surface area contributed by atoms with E-state index in [0.29, 0.717) is 43.9 Å². The minimum Gasteiger partial charge on any atom is -0.368 e. The monoisotopic (exact) mass is 382 g/mol. The Morgan fingerprint density at radius 2 is 2.15 bits per heavy atom. The van der Waals surface area contributed by atoms with E-state index in [4.69, 9.17) is 4.74 Å². The molecule has 2 aliphatic heterocycles. The third kappa shape index (κ3) is 3.40. The van der Waals surface area contributed by atoms with Crippen LogP contribution in [-0.4, -0.2) is 51.2 Å². The zero-order valence-corrected chi connectivity index (χ0v) is 15.0. The second kappa shape index (κ2) is 6.78. The lowest BCUT2D eigenvalue weighted by molar-refractivity contribution is -0.142. The van der Waals surface area contributed by atoms with Gasteiger partial charge in [0.25, 0.3) is 5.91 Å². The smallest absolute Gasteiger partial charge is 0.368 e. The number of aryl methyl sites for hydroxylation is 1. The molecule has 2 saturated heterocycles. The molecule has 0 N–H and O–H groups in total. The minimum atomic E-state index is -4.51. The van der Waals surface area contributed by atoms with Gasteiger partial charge in [-0.15, -0.1) is 0 Å². The SMILES string of the molecule is CCc1cc(C(F)(F)F)n2nc([C@H]3CCN(C(=O)[C@H]4CCCO4)C3)cc2n1. The topological polar surface area (TPSA) is 59.7 Å². The summed E-state index contributed by atoms with van der Waals surface area (Å²) in [6.07, 6.45) is -2.20. The van der Waals surface area contributed by atoms with Gasteiger partial charge in [0.05, 0.1) is 5.69 Å². The molecule has 2 aliphatic rings. The van der Waals surface area contributed by atoms with Crippen LogP contribution in [0.5, 0.6) is 0 Å². The largest absolute Gasteiger partial charge is 0.433 e. The molecule has 0 spiro atoms. The van der Waals surface area contributed by atoms with Crippen molar-refractivity contribution in [3.8, 4) is 0 Å². The molecule has 4 rings (SSSR count). The Kier molecular flexibility index (Phi) is 4.57. The Morgan fingerprint density at radius 1 is 1.33 bits per heavy atom. The zero-order valence-electron chi connectivity index (χ0n) is 15.0. The van der Waals surface area contributed by atoms with E-state index in [1.807, 2.05) is 0 Å². The van der Waals surface area contributed by atoms with Crippen LogP contribution in [0.3, 0.4) is 0 Å². The molecule has 0 aromatic carbocycles. The fourth-order valence-electron chi connectivity index (χ4n) is 3.80. The van der Waals surface area contributed by atoms with E-state index >= 15 is 0 Å². The summed E-state index contributed by atoms with van der Waals surface area (Å²) in [6.45, 7) is 3.38. The fraction of sp³-hybridized carbons (Fsp3) is 0.611. The summed E-state index contributed by atoms with van der Waals surface area (Å²) >= 11 is 0. The van der Waals surface area contributed by atoms with Crippen molar-refractivity contribution in [3.05, 3.63) is 29.2 Å². The number of fused-ring (bicyclic) bond motifs is 1. The Morgan fingerprint density at radius 3 is 2.81 bits per heavy atom. The highest BCUT2D eigenvalue weighted by atomic mass is 19.4. The third-order valence-electron chi connectivity index (χ3n) is 5.28. The molecule has 1 amide bonds. The van der Waals surface area contributed by atoms with Gasteiger partial charge in [0.2, 0.25) is 0 Å². The number of halogens is 3. The first kappa shape index (κ1) is 18.2. The first-order valence-electron chi connectivity index (χ1n) is 9.24. The van der Waals surface area contributed by atoms with Gasteiger partial charge in [0.1, 0.15) is 11.8 Å². The summed E-state index contributed by atoms with van der Waals surface area (Å²) in [6, 6.07) is 2.66. The van der Waals surface area contributed by atoms with Crippen molar-refractivity contribution in [3.63, 3.8) is 0 Å². The lowest BCUT2D eigenvalue weighted by atomic mass is 10.1. The molecule has 0 radical (unpaired) electrons. The number of hydrogen-bond acceptors (Lipinski definition) is 4. The predicted molar refractivity (Wildman–Crippen MR) is 90.3 cm³/mol. The van der Waals surface area contributed by atoms with Crippen LogP contribution in [-0.2, 0) is 22.1 Å². The van der Waals surface area contributed by atoms with E-state index in [2.05, 4.69) is 10.1 Å². The number of rotatable bonds is 3. The lowest BCUT2D eigenvalue weighted by Crippen LogP contribution is -2.37. The van der Waals surface area contributed by atoms with E-state index in [1.54, 1.807) is 17.9 Å². The van der Waals surface area contributed by atoms with Gasteiger partial charge in [-0.05, 0) is 31.7 Å². The number of hydrogen-bond donors (Lipinski definition) is 0. The number of likely N-dealkylation sites (tertiary alicyclic amines) is 1. The number of carbonyl (C=O) groups excluding carboxylic acids is 1. The van der Waals surface area contributed by atoms with Crippen LogP contribution >= 0.6 is 0 Å². The van der Waals surface area contributed by atoms with Crippen molar-refractivity contribution in [2.75, 3.05) is 19.7 Å². The molecule has 27 heavy (non-hydrogen) atoms. The molecule has 9 heteroatoms. The van der Waals surface area contributed by atoms with Crippen molar-refractivity contribution in [2.24, 2.45) is 0 Å². The molecule has 146 valence electrons.